The first-order chi connectivity index (χ1) is 14.3. The van der Waals surface area contributed by atoms with Gasteiger partial charge in [-0.1, -0.05) is 49.4 Å². The van der Waals surface area contributed by atoms with Crippen molar-refractivity contribution in [1.82, 2.24) is 14.5 Å². The zero-order valence-corrected chi connectivity index (χ0v) is 21.1. The van der Waals surface area contributed by atoms with E-state index in [1.165, 1.54) is 6.42 Å². The average Bonchev–Trinajstić information content (AvgIpc) is 2.73. The fourth-order valence-corrected chi connectivity index (χ4v) is 6.64. The second-order valence-electron chi connectivity index (χ2n) is 8.29. The maximum atomic E-state index is 12.8. The van der Waals surface area contributed by atoms with Gasteiger partial charge in [0.2, 0.25) is 10.0 Å². The van der Waals surface area contributed by atoms with Crippen LogP contribution >= 0.6 is 35.6 Å². The summed E-state index contributed by atoms with van der Waals surface area (Å²) in [5.41, 5.74) is 0.287. The van der Waals surface area contributed by atoms with E-state index in [0.717, 1.165) is 25.7 Å². The predicted molar refractivity (Wildman–Crippen MR) is 129 cm³/mol. The van der Waals surface area contributed by atoms with E-state index < -0.39 is 10.0 Å². The van der Waals surface area contributed by atoms with E-state index in [-0.39, 0.29) is 29.6 Å². The van der Waals surface area contributed by atoms with Crippen LogP contribution in [0.25, 0.3) is 0 Å². The minimum Gasteiger partial charge on any atom is -0.350 e. The number of carbonyl (C=O) groups excluding carboxylic acids is 1. The molecule has 10 heteroatoms. The number of piperazine rings is 1. The van der Waals surface area contributed by atoms with Gasteiger partial charge in [0, 0.05) is 43.3 Å². The van der Waals surface area contributed by atoms with Gasteiger partial charge in [-0.2, -0.15) is 4.31 Å². The monoisotopic (exact) mass is 511 g/mol. The molecule has 0 bridgehead atoms. The van der Waals surface area contributed by atoms with Crippen LogP contribution in [0.2, 0.25) is 10.0 Å². The fourth-order valence-electron chi connectivity index (χ4n) is 4.66. The highest BCUT2D eigenvalue weighted by Crippen LogP contribution is 2.34. The number of rotatable bonds is 7. The Morgan fingerprint density at radius 2 is 1.74 bits per heavy atom. The number of nitrogens with one attached hydrogen (secondary N) is 1. The zero-order chi connectivity index (χ0) is 21.8. The summed E-state index contributed by atoms with van der Waals surface area (Å²) < 4.78 is 26.4. The first-order valence-corrected chi connectivity index (χ1v) is 13.1. The number of halogens is 3. The van der Waals surface area contributed by atoms with Gasteiger partial charge in [-0.3, -0.25) is 9.69 Å². The fraction of sp³-hybridized carbons (Fsp3) is 0.667. The zero-order valence-electron chi connectivity index (χ0n) is 17.9. The smallest absolute Gasteiger partial charge is 0.252 e. The Hall–Kier alpha value is -0.570. The summed E-state index contributed by atoms with van der Waals surface area (Å²) in [5, 5.41) is 3.93. The molecular formula is C21H32Cl3N3O3S. The molecular weight excluding hydrogens is 481 g/mol. The third kappa shape index (κ3) is 6.49. The van der Waals surface area contributed by atoms with Gasteiger partial charge in [0.25, 0.3) is 5.91 Å². The second-order valence-corrected chi connectivity index (χ2v) is 11.2. The van der Waals surface area contributed by atoms with Crippen LogP contribution in [0.15, 0.2) is 18.2 Å². The normalized spacial score (nSPS) is 20.1. The molecule has 2 fully saturated rings. The number of carbonyl (C=O) groups is 1. The number of benzene rings is 1. The van der Waals surface area contributed by atoms with E-state index >= 15 is 0 Å². The van der Waals surface area contributed by atoms with Crippen molar-refractivity contribution in [2.24, 2.45) is 0 Å². The van der Waals surface area contributed by atoms with Gasteiger partial charge in [-0.25, -0.2) is 8.42 Å². The average molecular weight is 513 g/mol. The third-order valence-corrected chi connectivity index (χ3v) is 8.93. The van der Waals surface area contributed by atoms with Crippen molar-refractivity contribution in [3.05, 3.63) is 33.8 Å². The quantitative estimate of drug-likeness (QED) is 0.594. The van der Waals surface area contributed by atoms with Crippen LogP contribution in [-0.2, 0) is 10.0 Å². The van der Waals surface area contributed by atoms with Crippen LogP contribution in [0, 0.1) is 0 Å². The summed E-state index contributed by atoms with van der Waals surface area (Å²) in [5.74, 6) is 0.00143. The van der Waals surface area contributed by atoms with Crippen LogP contribution in [0.4, 0.5) is 0 Å². The number of hydrogen-bond donors (Lipinski definition) is 1. The number of hydrogen-bond acceptors (Lipinski definition) is 4. The van der Waals surface area contributed by atoms with E-state index in [2.05, 4.69) is 10.2 Å². The van der Waals surface area contributed by atoms with Crippen molar-refractivity contribution in [2.45, 2.75) is 51.0 Å². The molecule has 31 heavy (non-hydrogen) atoms. The number of amides is 1. The van der Waals surface area contributed by atoms with Gasteiger partial charge >= 0.3 is 0 Å². The van der Waals surface area contributed by atoms with Gasteiger partial charge in [-0.15, -0.1) is 12.4 Å². The molecule has 0 spiro atoms. The first-order valence-electron chi connectivity index (χ1n) is 10.7. The third-order valence-electron chi connectivity index (χ3n) is 6.30. The van der Waals surface area contributed by atoms with E-state index in [9.17, 15) is 13.2 Å². The van der Waals surface area contributed by atoms with E-state index in [1.54, 1.807) is 22.5 Å². The predicted octanol–water partition coefficient (Wildman–Crippen LogP) is 4.21. The van der Waals surface area contributed by atoms with Crippen LogP contribution in [-0.4, -0.2) is 67.5 Å². The molecule has 0 radical (unpaired) electrons. The molecule has 1 saturated heterocycles. The highest BCUT2D eigenvalue weighted by molar-refractivity contribution is 7.89. The topological polar surface area (TPSA) is 69.7 Å². The minimum absolute atomic E-state index is 0. The molecule has 1 aliphatic carbocycles. The maximum Gasteiger partial charge on any atom is 0.252 e. The van der Waals surface area contributed by atoms with Gasteiger partial charge in [0.05, 0.1) is 16.3 Å². The molecule has 1 aromatic carbocycles. The number of nitrogens with zero attached hydrogens (tertiary/aromatic N) is 2. The molecule has 3 rings (SSSR count). The molecule has 1 amide bonds. The Bertz CT molecular complexity index is 853. The lowest BCUT2D eigenvalue weighted by Crippen LogP contribution is -2.62. The Labute approximate surface area is 202 Å². The lowest BCUT2D eigenvalue weighted by Gasteiger charge is -2.49. The Balaban J connectivity index is 0.00000341. The highest BCUT2D eigenvalue weighted by Gasteiger charge is 2.40. The highest BCUT2D eigenvalue weighted by atomic mass is 35.5. The molecule has 176 valence electrons. The van der Waals surface area contributed by atoms with Gasteiger partial charge < -0.3 is 5.32 Å². The van der Waals surface area contributed by atoms with E-state index in [0.29, 0.717) is 54.8 Å². The lowest BCUT2D eigenvalue weighted by atomic mass is 9.79. The van der Waals surface area contributed by atoms with Crippen molar-refractivity contribution >= 4 is 51.5 Å². The van der Waals surface area contributed by atoms with Crippen LogP contribution < -0.4 is 5.32 Å². The molecule has 1 heterocycles. The van der Waals surface area contributed by atoms with Gasteiger partial charge in [0.15, 0.2) is 0 Å². The van der Waals surface area contributed by atoms with Crippen molar-refractivity contribution in [3.63, 3.8) is 0 Å². The molecule has 1 aromatic rings. The summed E-state index contributed by atoms with van der Waals surface area (Å²) >= 11 is 12.1. The van der Waals surface area contributed by atoms with Crippen molar-refractivity contribution in [1.29, 1.82) is 0 Å². The van der Waals surface area contributed by atoms with E-state index in [1.807, 2.05) is 6.92 Å². The summed E-state index contributed by atoms with van der Waals surface area (Å²) in [6.45, 7) is 4.84. The summed E-state index contributed by atoms with van der Waals surface area (Å²) in [6.07, 6.45) is 6.07. The summed E-state index contributed by atoms with van der Waals surface area (Å²) in [6, 6.07) is 4.88. The molecule has 1 N–H and O–H groups in total. The molecule has 1 saturated carbocycles. The Morgan fingerprint density at radius 3 is 2.32 bits per heavy atom. The van der Waals surface area contributed by atoms with Crippen molar-refractivity contribution in [2.75, 3.05) is 38.5 Å². The molecule has 6 nitrogen and oxygen atoms in total. The van der Waals surface area contributed by atoms with E-state index in [4.69, 9.17) is 23.2 Å². The minimum atomic E-state index is -3.17. The first kappa shape index (κ1) is 26.7. The molecule has 1 aliphatic heterocycles. The largest absolute Gasteiger partial charge is 0.350 e. The summed E-state index contributed by atoms with van der Waals surface area (Å²) in [4.78, 5) is 15.2. The standard InChI is InChI=1S/C21H31Cl2N3O3S.ClH/c1-2-14-30(28,29)26-12-10-25(11-13-26)21(8-4-3-5-9-21)16-24-20(27)18-7-6-17(22)15-19(18)23;/h6-7,15H,2-5,8-14,16H2,1H3,(H,24,27);1H. The second kappa shape index (κ2) is 11.5. The lowest BCUT2D eigenvalue weighted by molar-refractivity contribution is 0.0240. The van der Waals surface area contributed by atoms with Crippen molar-refractivity contribution in [3.8, 4) is 0 Å². The van der Waals surface area contributed by atoms with Crippen LogP contribution in [0.3, 0.4) is 0 Å². The molecule has 0 unspecified atom stereocenters. The number of sulfonamides is 1. The molecule has 0 aromatic heterocycles. The van der Waals surface area contributed by atoms with Gasteiger partial charge in [-0.05, 0) is 37.5 Å². The van der Waals surface area contributed by atoms with Gasteiger partial charge in [0.1, 0.15) is 0 Å². The van der Waals surface area contributed by atoms with Crippen LogP contribution in [0.1, 0.15) is 55.8 Å². The molecule has 2 aliphatic rings. The Kier molecular flexibility index (Phi) is 9.92. The molecule has 0 atom stereocenters. The Morgan fingerprint density at radius 1 is 1.10 bits per heavy atom. The van der Waals surface area contributed by atoms with Crippen LogP contribution in [0.5, 0.6) is 0 Å². The maximum absolute atomic E-state index is 12.8. The summed E-state index contributed by atoms with van der Waals surface area (Å²) in [7, 11) is -3.17. The SMILES string of the molecule is CCCS(=O)(=O)N1CCN(C2(CNC(=O)c3ccc(Cl)cc3Cl)CCCCC2)CC1.Cl. The van der Waals surface area contributed by atoms with Crippen molar-refractivity contribution < 1.29 is 13.2 Å².